The Hall–Kier alpha value is -2.02. The lowest BCUT2D eigenvalue weighted by Crippen LogP contribution is -2.51. The van der Waals surface area contributed by atoms with Crippen molar-refractivity contribution in [2.75, 3.05) is 0 Å². The van der Waals surface area contributed by atoms with Crippen molar-refractivity contribution < 1.29 is 14.7 Å². The van der Waals surface area contributed by atoms with Gasteiger partial charge in [-0.25, -0.2) is 4.79 Å². The summed E-state index contributed by atoms with van der Waals surface area (Å²) in [5, 5.41) is 14.2. The van der Waals surface area contributed by atoms with E-state index in [1.807, 2.05) is 0 Å². The Morgan fingerprint density at radius 1 is 1.61 bits per heavy atom. The minimum atomic E-state index is -1.07. The number of fused-ring (bicyclic) bond motifs is 1. The van der Waals surface area contributed by atoms with E-state index in [1.54, 1.807) is 30.2 Å². The number of amides is 1. The molecule has 1 saturated heterocycles. The molecule has 6 nitrogen and oxygen atoms in total. The molecular formula is C11H9N3O3S. The second-order valence-corrected chi connectivity index (χ2v) is 4.97. The van der Waals surface area contributed by atoms with Gasteiger partial charge in [0.2, 0.25) is 0 Å². The fourth-order valence-electron chi connectivity index (χ4n) is 1.96. The number of thioether (sulfide) groups is 1. The SMILES string of the molecule is Cn1cc(C=C2C(=O)N3C(C(=O)O)=CS[C@H]23)cn1. The van der Waals surface area contributed by atoms with Crippen molar-refractivity contribution in [3.8, 4) is 0 Å². The Balaban J connectivity index is 1.86. The van der Waals surface area contributed by atoms with Crippen molar-refractivity contribution in [1.29, 1.82) is 0 Å². The van der Waals surface area contributed by atoms with Gasteiger partial charge in [-0.3, -0.25) is 14.4 Å². The minimum Gasteiger partial charge on any atom is -0.477 e. The predicted molar refractivity (Wildman–Crippen MR) is 65.1 cm³/mol. The number of nitrogens with zero attached hydrogens (tertiary/aromatic N) is 3. The van der Waals surface area contributed by atoms with Crippen molar-refractivity contribution in [3.05, 3.63) is 34.6 Å². The van der Waals surface area contributed by atoms with Crippen LogP contribution in [0.25, 0.3) is 6.08 Å². The maximum atomic E-state index is 11.9. The van der Waals surface area contributed by atoms with Crippen molar-refractivity contribution in [2.45, 2.75) is 5.37 Å². The Morgan fingerprint density at radius 3 is 3.00 bits per heavy atom. The zero-order valence-corrected chi connectivity index (χ0v) is 10.2. The fourth-order valence-corrected chi connectivity index (χ4v) is 3.08. The zero-order valence-electron chi connectivity index (χ0n) is 9.40. The molecule has 1 aromatic heterocycles. The van der Waals surface area contributed by atoms with Crippen LogP contribution in [0.4, 0.5) is 0 Å². The second kappa shape index (κ2) is 3.74. The molecule has 0 aliphatic carbocycles. The molecule has 1 amide bonds. The average Bonchev–Trinajstić information content (AvgIpc) is 2.89. The van der Waals surface area contributed by atoms with Crippen LogP contribution in [0.15, 0.2) is 29.1 Å². The number of aryl methyl sites for hydroxylation is 1. The van der Waals surface area contributed by atoms with Gasteiger partial charge in [-0.2, -0.15) is 5.10 Å². The molecule has 1 N–H and O–H groups in total. The fraction of sp³-hybridized carbons (Fsp3) is 0.182. The highest BCUT2D eigenvalue weighted by atomic mass is 32.2. The summed E-state index contributed by atoms with van der Waals surface area (Å²) < 4.78 is 1.65. The molecule has 0 spiro atoms. The highest BCUT2D eigenvalue weighted by molar-refractivity contribution is 8.03. The first-order valence-electron chi connectivity index (χ1n) is 5.20. The van der Waals surface area contributed by atoms with Crippen LogP contribution >= 0.6 is 11.8 Å². The van der Waals surface area contributed by atoms with E-state index in [2.05, 4.69) is 5.10 Å². The number of rotatable bonds is 2. The van der Waals surface area contributed by atoms with Gasteiger partial charge in [0.15, 0.2) is 0 Å². The molecule has 0 unspecified atom stereocenters. The van der Waals surface area contributed by atoms with Gasteiger partial charge in [-0.15, -0.1) is 11.8 Å². The normalized spacial score (nSPS) is 23.9. The van der Waals surface area contributed by atoms with Crippen molar-refractivity contribution in [2.24, 2.45) is 7.05 Å². The van der Waals surface area contributed by atoms with Crippen LogP contribution in [-0.2, 0) is 16.6 Å². The molecule has 7 heteroatoms. The lowest BCUT2D eigenvalue weighted by atomic mass is 10.0. The summed E-state index contributed by atoms with van der Waals surface area (Å²) in [6, 6.07) is 0. The Kier molecular flexibility index (Phi) is 2.30. The average molecular weight is 263 g/mol. The second-order valence-electron chi connectivity index (χ2n) is 4.02. The first-order chi connectivity index (χ1) is 8.58. The Morgan fingerprint density at radius 2 is 2.39 bits per heavy atom. The maximum absolute atomic E-state index is 11.9. The van der Waals surface area contributed by atoms with Crippen molar-refractivity contribution >= 4 is 29.7 Å². The number of carbonyl (C=O) groups is 2. The van der Waals surface area contributed by atoms with Crippen LogP contribution in [0.3, 0.4) is 0 Å². The Bertz CT molecular complexity index is 617. The minimum absolute atomic E-state index is 0.0540. The highest BCUT2D eigenvalue weighted by Crippen LogP contribution is 2.44. The third-order valence-corrected chi connectivity index (χ3v) is 3.88. The molecule has 2 aliphatic rings. The van der Waals surface area contributed by atoms with Crippen molar-refractivity contribution in [3.63, 3.8) is 0 Å². The van der Waals surface area contributed by atoms with Crippen LogP contribution in [0, 0.1) is 0 Å². The van der Waals surface area contributed by atoms with Gasteiger partial charge in [-0.1, -0.05) is 0 Å². The van der Waals surface area contributed by atoms with Gasteiger partial charge in [-0.05, 0) is 6.08 Å². The van der Waals surface area contributed by atoms with E-state index in [0.717, 1.165) is 5.56 Å². The third-order valence-electron chi connectivity index (χ3n) is 2.80. The smallest absolute Gasteiger partial charge is 0.353 e. The van der Waals surface area contributed by atoms with Crippen LogP contribution in [0.1, 0.15) is 5.56 Å². The molecule has 3 heterocycles. The van der Waals surface area contributed by atoms with E-state index in [4.69, 9.17) is 5.11 Å². The molecule has 0 saturated carbocycles. The third kappa shape index (κ3) is 1.47. The summed E-state index contributed by atoms with van der Waals surface area (Å²) >= 11 is 1.33. The molecular weight excluding hydrogens is 254 g/mol. The lowest BCUT2D eigenvalue weighted by molar-refractivity contribution is -0.141. The zero-order chi connectivity index (χ0) is 12.9. The number of hydrogen-bond acceptors (Lipinski definition) is 4. The molecule has 92 valence electrons. The van der Waals surface area contributed by atoms with Crippen LogP contribution in [0.2, 0.25) is 0 Å². The summed E-state index contributed by atoms with van der Waals surface area (Å²) in [7, 11) is 1.80. The van der Waals surface area contributed by atoms with Crippen LogP contribution in [-0.4, -0.2) is 37.0 Å². The van der Waals surface area contributed by atoms with E-state index < -0.39 is 5.97 Å². The topological polar surface area (TPSA) is 75.4 Å². The summed E-state index contributed by atoms with van der Waals surface area (Å²) in [5.41, 5.74) is 1.50. The number of aliphatic carboxylic acids is 1. The van der Waals surface area contributed by atoms with Gasteiger partial charge >= 0.3 is 5.97 Å². The largest absolute Gasteiger partial charge is 0.477 e. The first kappa shape index (κ1) is 11.1. The number of aromatic nitrogens is 2. The van der Waals surface area contributed by atoms with Gasteiger partial charge in [0, 0.05) is 24.2 Å². The number of β-lactam (4-membered cyclic amide) rings is 1. The first-order valence-corrected chi connectivity index (χ1v) is 6.15. The van der Waals surface area contributed by atoms with Crippen LogP contribution in [0.5, 0.6) is 0 Å². The quantitative estimate of drug-likeness (QED) is 0.626. The predicted octanol–water partition coefficient (Wildman–Crippen LogP) is 0.645. The molecule has 18 heavy (non-hydrogen) atoms. The lowest BCUT2D eigenvalue weighted by Gasteiger charge is -2.37. The molecule has 0 bridgehead atoms. The highest BCUT2D eigenvalue weighted by Gasteiger charge is 2.49. The number of carbonyl (C=O) groups excluding carboxylic acids is 1. The summed E-state index contributed by atoms with van der Waals surface area (Å²) in [6.45, 7) is 0. The molecule has 0 aromatic carbocycles. The molecule has 0 radical (unpaired) electrons. The maximum Gasteiger partial charge on any atom is 0.353 e. The molecule has 3 rings (SSSR count). The van der Waals surface area contributed by atoms with E-state index in [0.29, 0.717) is 5.57 Å². The molecule has 1 aromatic rings. The van der Waals surface area contributed by atoms with E-state index in [-0.39, 0.29) is 17.0 Å². The van der Waals surface area contributed by atoms with Gasteiger partial charge < -0.3 is 5.11 Å². The number of carboxylic acid groups (broad SMARTS) is 1. The molecule has 1 atom stereocenters. The van der Waals surface area contributed by atoms with E-state index in [1.165, 1.54) is 22.1 Å². The monoisotopic (exact) mass is 263 g/mol. The van der Waals surface area contributed by atoms with Crippen molar-refractivity contribution in [1.82, 2.24) is 14.7 Å². The van der Waals surface area contributed by atoms with E-state index in [9.17, 15) is 9.59 Å². The number of hydrogen-bond donors (Lipinski definition) is 1. The summed E-state index contributed by atoms with van der Waals surface area (Å²) in [5.74, 6) is -1.32. The van der Waals surface area contributed by atoms with Gasteiger partial charge in [0.05, 0.1) is 11.8 Å². The van der Waals surface area contributed by atoms with Gasteiger partial charge in [0.1, 0.15) is 11.1 Å². The number of carboxylic acids is 1. The summed E-state index contributed by atoms with van der Waals surface area (Å²) in [6.07, 6.45) is 5.21. The summed E-state index contributed by atoms with van der Waals surface area (Å²) in [4.78, 5) is 24.1. The Labute approximate surface area is 107 Å². The van der Waals surface area contributed by atoms with Crippen LogP contribution < -0.4 is 0 Å². The molecule has 1 fully saturated rings. The van der Waals surface area contributed by atoms with Gasteiger partial charge in [0.25, 0.3) is 5.91 Å². The molecule has 2 aliphatic heterocycles. The van der Waals surface area contributed by atoms with E-state index >= 15 is 0 Å². The standard InChI is InChI=1S/C11H9N3O3S/c1-13-4-6(3-12-13)2-7-9(15)14-8(11(16)17)5-18-10(7)14/h2-5,10H,1H3,(H,16,17)/t10-/m1/s1.